The Bertz CT molecular complexity index is 712. The predicted octanol–water partition coefficient (Wildman–Crippen LogP) is 4.44. The van der Waals surface area contributed by atoms with Crippen LogP contribution in [0.5, 0.6) is 0 Å². The number of halogens is 1. The Morgan fingerprint density at radius 2 is 1.95 bits per heavy atom. The van der Waals surface area contributed by atoms with Crippen LogP contribution in [0.1, 0.15) is 29.9 Å². The van der Waals surface area contributed by atoms with Gasteiger partial charge >= 0.3 is 0 Å². The van der Waals surface area contributed by atoms with Crippen molar-refractivity contribution in [3.63, 3.8) is 0 Å². The highest BCUT2D eigenvalue weighted by molar-refractivity contribution is 6.30. The zero-order valence-electron chi connectivity index (χ0n) is 13.0. The first-order chi connectivity index (χ1) is 10.8. The quantitative estimate of drug-likeness (QED) is 0.650. The molecule has 2 aromatic carbocycles. The smallest absolute Gasteiger partial charge is 0.143 e. The van der Waals surface area contributed by atoms with Crippen molar-refractivity contribution in [2.75, 3.05) is 26.7 Å². The molecule has 3 aliphatic heterocycles. The SMILES string of the molecule is CNCCC[N+]12CCC(c3ccccc31)c1ccc(Cl)cc12. The summed E-state index contributed by atoms with van der Waals surface area (Å²) in [5.74, 6) is 0.549. The second-order valence-corrected chi connectivity index (χ2v) is 6.91. The maximum atomic E-state index is 6.34. The Morgan fingerprint density at radius 1 is 1.14 bits per heavy atom. The third-order valence-electron chi connectivity index (χ3n) is 5.37. The second kappa shape index (κ2) is 5.38. The highest BCUT2D eigenvalue weighted by Gasteiger charge is 2.48. The zero-order valence-corrected chi connectivity index (χ0v) is 13.7. The number of nitrogens with one attached hydrogen (secondary N) is 1. The van der Waals surface area contributed by atoms with E-state index in [-0.39, 0.29) is 0 Å². The van der Waals surface area contributed by atoms with Crippen molar-refractivity contribution in [2.24, 2.45) is 0 Å². The number of fused-ring (bicyclic) bond motifs is 1. The van der Waals surface area contributed by atoms with Crippen molar-refractivity contribution < 1.29 is 0 Å². The van der Waals surface area contributed by atoms with Gasteiger partial charge < -0.3 is 5.32 Å². The van der Waals surface area contributed by atoms with Crippen molar-refractivity contribution in [3.8, 4) is 0 Å². The molecule has 2 nitrogen and oxygen atoms in total. The van der Waals surface area contributed by atoms with Crippen LogP contribution in [0.2, 0.25) is 5.02 Å². The molecule has 2 aromatic rings. The predicted molar refractivity (Wildman–Crippen MR) is 94.1 cm³/mol. The van der Waals surface area contributed by atoms with Crippen LogP contribution in [0.3, 0.4) is 0 Å². The topological polar surface area (TPSA) is 12.0 Å². The molecule has 0 fully saturated rings. The van der Waals surface area contributed by atoms with Crippen LogP contribution in [0.4, 0.5) is 11.4 Å². The molecular formula is C19H22ClN2+. The van der Waals surface area contributed by atoms with Gasteiger partial charge in [-0.3, -0.25) is 4.48 Å². The summed E-state index contributed by atoms with van der Waals surface area (Å²) in [7, 11) is 2.03. The largest absolute Gasteiger partial charge is 0.320 e. The van der Waals surface area contributed by atoms with Crippen molar-refractivity contribution >= 4 is 23.0 Å². The third kappa shape index (κ3) is 1.95. The Kier molecular flexibility index (Phi) is 3.48. The van der Waals surface area contributed by atoms with Gasteiger partial charge in [-0.05, 0) is 19.2 Å². The first-order valence-electron chi connectivity index (χ1n) is 8.17. The Morgan fingerprint density at radius 3 is 2.82 bits per heavy atom. The van der Waals surface area contributed by atoms with Crippen LogP contribution in [0, 0.1) is 0 Å². The van der Waals surface area contributed by atoms with Gasteiger partial charge in [-0.15, -0.1) is 0 Å². The molecule has 0 aromatic heterocycles. The van der Waals surface area contributed by atoms with Gasteiger partial charge in [0.1, 0.15) is 11.4 Å². The number of hydrogen-bond donors (Lipinski definition) is 1. The van der Waals surface area contributed by atoms with E-state index < -0.39 is 0 Å². The normalized spacial score (nSPS) is 24.9. The molecule has 0 amide bonds. The molecule has 1 N–H and O–H groups in total. The van der Waals surface area contributed by atoms with Crippen molar-refractivity contribution in [3.05, 3.63) is 58.6 Å². The minimum Gasteiger partial charge on any atom is -0.320 e. The molecule has 2 bridgehead atoms. The van der Waals surface area contributed by atoms with Crippen LogP contribution in [0.15, 0.2) is 42.5 Å². The van der Waals surface area contributed by atoms with Crippen molar-refractivity contribution in [2.45, 2.75) is 18.8 Å². The molecule has 0 saturated carbocycles. The first-order valence-corrected chi connectivity index (χ1v) is 8.55. The number of benzene rings is 2. The maximum absolute atomic E-state index is 6.34. The van der Waals surface area contributed by atoms with Gasteiger partial charge in [-0.25, -0.2) is 0 Å². The molecule has 22 heavy (non-hydrogen) atoms. The zero-order chi connectivity index (χ0) is 15.2. The summed E-state index contributed by atoms with van der Waals surface area (Å²) >= 11 is 6.34. The van der Waals surface area contributed by atoms with E-state index in [0.717, 1.165) is 22.6 Å². The van der Waals surface area contributed by atoms with Crippen LogP contribution in [0.25, 0.3) is 0 Å². The Balaban J connectivity index is 1.90. The second-order valence-electron chi connectivity index (χ2n) is 6.48. The molecule has 0 radical (unpaired) electrons. The lowest BCUT2D eigenvalue weighted by molar-refractivity contribution is 0.313. The summed E-state index contributed by atoms with van der Waals surface area (Å²) in [5.41, 5.74) is 5.93. The van der Waals surface area contributed by atoms with Crippen molar-refractivity contribution in [1.29, 1.82) is 0 Å². The highest BCUT2D eigenvalue weighted by atomic mass is 35.5. The Hall–Kier alpha value is -1.35. The number of quaternary nitrogens is 1. The van der Waals surface area contributed by atoms with E-state index in [1.54, 1.807) is 0 Å². The fraction of sp³-hybridized carbons (Fsp3) is 0.368. The molecule has 3 heterocycles. The van der Waals surface area contributed by atoms with Gasteiger partial charge in [0.05, 0.1) is 13.1 Å². The van der Waals surface area contributed by atoms with Gasteiger partial charge in [0, 0.05) is 47.5 Å². The first kappa shape index (κ1) is 14.3. The van der Waals surface area contributed by atoms with Crippen LogP contribution < -0.4 is 9.80 Å². The molecule has 2 atom stereocenters. The van der Waals surface area contributed by atoms with Gasteiger partial charge in [0.2, 0.25) is 0 Å². The highest BCUT2D eigenvalue weighted by Crippen LogP contribution is 2.56. The fourth-order valence-corrected chi connectivity index (χ4v) is 4.60. The average Bonchev–Trinajstić information content (AvgIpc) is 2.56. The molecule has 114 valence electrons. The molecule has 2 unspecified atom stereocenters. The van der Waals surface area contributed by atoms with E-state index in [2.05, 4.69) is 47.8 Å². The lowest BCUT2D eigenvalue weighted by atomic mass is 9.76. The summed E-state index contributed by atoms with van der Waals surface area (Å²) in [6.45, 7) is 3.39. The summed E-state index contributed by atoms with van der Waals surface area (Å²) in [6.07, 6.45) is 2.41. The van der Waals surface area contributed by atoms with Crippen LogP contribution in [-0.4, -0.2) is 26.7 Å². The van der Waals surface area contributed by atoms with Gasteiger partial charge in [0.15, 0.2) is 0 Å². The molecule has 5 rings (SSSR count). The van der Waals surface area contributed by atoms with E-state index >= 15 is 0 Å². The van der Waals surface area contributed by atoms with E-state index in [1.165, 1.54) is 41.9 Å². The number of para-hydroxylation sites is 1. The summed E-state index contributed by atoms with van der Waals surface area (Å²) < 4.78 is 0.976. The lowest BCUT2D eigenvalue weighted by Gasteiger charge is -2.50. The third-order valence-corrected chi connectivity index (χ3v) is 5.60. The fourth-order valence-electron chi connectivity index (χ4n) is 4.43. The van der Waals surface area contributed by atoms with Crippen LogP contribution in [-0.2, 0) is 0 Å². The standard InChI is InChI=1S/C19H22ClN2/c1-21-10-4-11-22-12-9-15(16-5-2-3-6-18(16)22)17-8-7-14(20)13-19(17)22/h2-3,5-8,13,15,21H,4,9-12H2,1H3/q+1. The Labute approximate surface area is 137 Å². The average molecular weight is 314 g/mol. The van der Waals surface area contributed by atoms with E-state index in [4.69, 9.17) is 11.6 Å². The minimum absolute atomic E-state index is 0.549. The van der Waals surface area contributed by atoms with Gasteiger partial charge in [0.25, 0.3) is 0 Å². The van der Waals surface area contributed by atoms with Gasteiger partial charge in [-0.1, -0.05) is 35.9 Å². The summed E-state index contributed by atoms with van der Waals surface area (Å²) in [4.78, 5) is 0. The number of nitrogens with zero attached hydrogens (tertiary/aromatic N) is 1. The molecule has 0 saturated heterocycles. The van der Waals surface area contributed by atoms with E-state index in [0.29, 0.717) is 5.92 Å². The van der Waals surface area contributed by atoms with Crippen LogP contribution >= 0.6 is 11.6 Å². The molecule has 0 aliphatic carbocycles. The van der Waals surface area contributed by atoms with E-state index in [1.807, 2.05) is 7.05 Å². The monoisotopic (exact) mass is 313 g/mol. The summed E-state index contributed by atoms with van der Waals surface area (Å²) in [6, 6.07) is 15.5. The molecule has 3 aliphatic rings. The molecular weight excluding hydrogens is 292 g/mol. The molecule has 3 heteroatoms. The minimum atomic E-state index is 0.549. The van der Waals surface area contributed by atoms with Crippen molar-refractivity contribution in [1.82, 2.24) is 9.80 Å². The lowest BCUT2D eigenvalue weighted by Crippen LogP contribution is -2.53. The molecule has 0 spiro atoms. The maximum Gasteiger partial charge on any atom is 0.143 e. The number of hydrogen-bond acceptors (Lipinski definition) is 1. The summed E-state index contributed by atoms with van der Waals surface area (Å²) in [5, 5.41) is 4.14. The number of rotatable bonds is 4. The van der Waals surface area contributed by atoms with E-state index in [9.17, 15) is 0 Å². The van der Waals surface area contributed by atoms with Gasteiger partial charge in [-0.2, -0.15) is 0 Å².